The molecule has 2 rings (SSSR count). The highest BCUT2D eigenvalue weighted by Gasteiger charge is 2.14. The number of aliphatic hydroxyl groups is 1. The van der Waals surface area contributed by atoms with E-state index in [0.717, 1.165) is 11.3 Å². The molecular formula is C9H13N5O. The molecule has 2 aromatic heterocycles. The number of hydrogen-bond donors (Lipinski definition) is 2. The Morgan fingerprint density at radius 2 is 2.27 bits per heavy atom. The van der Waals surface area contributed by atoms with Crippen molar-refractivity contribution in [3.05, 3.63) is 12.7 Å². The summed E-state index contributed by atoms with van der Waals surface area (Å²) in [5, 5.41) is 9.08. The predicted molar refractivity (Wildman–Crippen MR) is 56.6 cm³/mol. The van der Waals surface area contributed by atoms with E-state index in [-0.39, 0.29) is 12.6 Å². The van der Waals surface area contributed by atoms with Crippen LogP contribution in [0.4, 0.5) is 5.82 Å². The third kappa shape index (κ3) is 1.63. The fourth-order valence-corrected chi connectivity index (χ4v) is 1.35. The zero-order valence-electron chi connectivity index (χ0n) is 8.68. The van der Waals surface area contributed by atoms with Crippen LogP contribution in [0.15, 0.2) is 12.7 Å². The monoisotopic (exact) mass is 207 g/mol. The molecule has 15 heavy (non-hydrogen) atoms. The molecule has 0 saturated carbocycles. The van der Waals surface area contributed by atoms with E-state index in [4.69, 9.17) is 5.11 Å². The summed E-state index contributed by atoms with van der Waals surface area (Å²) in [5.41, 5.74) is 1.43. The second-order valence-electron chi connectivity index (χ2n) is 3.44. The quantitative estimate of drug-likeness (QED) is 0.750. The summed E-state index contributed by atoms with van der Waals surface area (Å²) in [6, 6.07) is 0.00593. The van der Waals surface area contributed by atoms with Gasteiger partial charge in [0, 0.05) is 7.05 Å². The molecule has 2 aromatic rings. The minimum absolute atomic E-state index is 0.00593. The van der Waals surface area contributed by atoms with Gasteiger partial charge in [0.25, 0.3) is 0 Å². The number of nitrogens with one attached hydrogen (secondary N) is 1. The van der Waals surface area contributed by atoms with Crippen LogP contribution in [0.2, 0.25) is 0 Å². The largest absolute Gasteiger partial charge is 0.394 e. The number of likely N-dealkylation sites (N-methyl/N-ethyl adjacent to an activating group) is 1. The van der Waals surface area contributed by atoms with Crippen molar-refractivity contribution in [1.29, 1.82) is 0 Å². The maximum atomic E-state index is 9.08. The van der Waals surface area contributed by atoms with Gasteiger partial charge in [-0.15, -0.1) is 0 Å². The molecule has 0 aromatic carbocycles. The van der Waals surface area contributed by atoms with Gasteiger partial charge >= 0.3 is 0 Å². The smallest absolute Gasteiger partial charge is 0.182 e. The number of H-pyrrole nitrogens is 1. The Morgan fingerprint density at radius 3 is 3.00 bits per heavy atom. The first-order valence-electron chi connectivity index (χ1n) is 4.71. The molecule has 0 saturated heterocycles. The van der Waals surface area contributed by atoms with Crippen LogP contribution in [-0.4, -0.2) is 44.7 Å². The van der Waals surface area contributed by atoms with Gasteiger partial charge < -0.3 is 15.0 Å². The van der Waals surface area contributed by atoms with Crippen LogP contribution in [0.5, 0.6) is 0 Å². The molecule has 0 spiro atoms. The molecule has 0 aliphatic carbocycles. The Balaban J connectivity index is 2.46. The average Bonchev–Trinajstić information content (AvgIpc) is 2.74. The van der Waals surface area contributed by atoms with Gasteiger partial charge in [-0.05, 0) is 6.92 Å². The van der Waals surface area contributed by atoms with E-state index in [1.165, 1.54) is 6.33 Å². The van der Waals surface area contributed by atoms with Crippen molar-refractivity contribution in [2.24, 2.45) is 0 Å². The number of rotatable bonds is 3. The summed E-state index contributed by atoms with van der Waals surface area (Å²) in [5.74, 6) is 0.749. The summed E-state index contributed by atoms with van der Waals surface area (Å²) in [7, 11) is 1.88. The van der Waals surface area contributed by atoms with Crippen molar-refractivity contribution in [3.63, 3.8) is 0 Å². The summed E-state index contributed by atoms with van der Waals surface area (Å²) in [4.78, 5) is 17.1. The van der Waals surface area contributed by atoms with Crippen LogP contribution in [-0.2, 0) is 0 Å². The third-order valence-corrected chi connectivity index (χ3v) is 2.46. The van der Waals surface area contributed by atoms with Crippen molar-refractivity contribution in [2.45, 2.75) is 13.0 Å². The number of aliphatic hydroxyl groups excluding tert-OH is 1. The molecule has 6 heteroatoms. The lowest BCUT2D eigenvalue weighted by atomic mass is 10.3. The van der Waals surface area contributed by atoms with E-state index in [1.54, 1.807) is 6.33 Å². The van der Waals surface area contributed by atoms with E-state index < -0.39 is 0 Å². The lowest BCUT2D eigenvalue weighted by Crippen LogP contribution is -2.32. The Labute approximate surface area is 87.0 Å². The lowest BCUT2D eigenvalue weighted by molar-refractivity contribution is 0.270. The zero-order chi connectivity index (χ0) is 10.8. The summed E-state index contributed by atoms with van der Waals surface area (Å²) in [6.07, 6.45) is 3.05. The highest BCUT2D eigenvalue weighted by Crippen LogP contribution is 2.19. The van der Waals surface area contributed by atoms with Crippen molar-refractivity contribution in [2.75, 3.05) is 18.6 Å². The van der Waals surface area contributed by atoms with Crippen LogP contribution in [0, 0.1) is 0 Å². The van der Waals surface area contributed by atoms with Crippen LogP contribution in [0.3, 0.4) is 0 Å². The molecule has 2 N–H and O–H groups in total. The molecule has 2 heterocycles. The number of hydrogen-bond acceptors (Lipinski definition) is 5. The first-order chi connectivity index (χ1) is 7.24. The van der Waals surface area contributed by atoms with Gasteiger partial charge in [0.05, 0.1) is 19.0 Å². The highest BCUT2D eigenvalue weighted by atomic mass is 16.3. The highest BCUT2D eigenvalue weighted by molar-refractivity contribution is 5.82. The number of anilines is 1. The summed E-state index contributed by atoms with van der Waals surface area (Å²) in [6.45, 7) is 2.00. The predicted octanol–water partition coefficient (Wildman–Crippen LogP) is 0.170. The minimum atomic E-state index is 0.00593. The Morgan fingerprint density at radius 1 is 1.47 bits per heavy atom. The molecule has 1 atom stereocenters. The van der Waals surface area contributed by atoms with Crippen LogP contribution < -0.4 is 4.90 Å². The van der Waals surface area contributed by atoms with E-state index in [2.05, 4.69) is 19.9 Å². The lowest BCUT2D eigenvalue weighted by Gasteiger charge is -2.24. The Bertz CT molecular complexity index is 454. The van der Waals surface area contributed by atoms with Gasteiger partial charge in [0.15, 0.2) is 11.5 Å². The van der Waals surface area contributed by atoms with Gasteiger partial charge in [-0.1, -0.05) is 0 Å². The van der Waals surface area contributed by atoms with E-state index >= 15 is 0 Å². The topological polar surface area (TPSA) is 77.9 Å². The molecule has 6 nitrogen and oxygen atoms in total. The fourth-order valence-electron chi connectivity index (χ4n) is 1.35. The number of aromatic nitrogens is 4. The number of imidazole rings is 1. The van der Waals surface area contributed by atoms with Crippen molar-refractivity contribution in [1.82, 2.24) is 19.9 Å². The van der Waals surface area contributed by atoms with Gasteiger partial charge in [0.1, 0.15) is 11.8 Å². The van der Waals surface area contributed by atoms with E-state index in [9.17, 15) is 0 Å². The van der Waals surface area contributed by atoms with Gasteiger partial charge in [-0.25, -0.2) is 15.0 Å². The standard InChI is InChI=1S/C9H13N5O/c1-6(3-15)14(2)9-7-8(11-4-10-7)12-5-13-9/h4-6,15H,3H2,1-2H3,(H,10,11,12,13). The molecule has 0 aliphatic rings. The molecule has 0 amide bonds. The SMILES string of the molecule is CC(CO)N(C)c1ncnc2nc[nH]c12. The molecule has 0 bridgehead atoms. The molecule has 0 aliphatic heterocycles. The van der Waals surface area contributed by atoms with Crippen LogP contribution in [0.1, 0.15) is 6.92 Å². The number of fused-ring (bicyclic) bond motifs is 1. The fraction of sp³-hybridized carbons (Fsp3) is 0.444. The van der Waals surface area contributed by atoms with Crippen LogP contribution >= 0.6 is 0 Å². The van der Waals surface area contributed by atoms with Crippen molar-refractivity contribution >= 4 is 17.0 Å². The van der Waals surface area contributed by atoms with Gasteiger partial charge in [-0.3, -0.25) is 0 Å². The maximum absolute atomic E-state index is 9.08. The van der Waals surface area contributed by atoms with Gasteiger partial charge in [-0.2, -0.15) is 0 Å². The second kappa shape index (κ2) is 3.82. The summed E-state index contributed by atoms with van der Waals surface area (Å²) < 4.78 is 0. The molecule has 0 radical (unpaired) electrons. The Hall–Kier alpha value is -1.69. The maximum Gasteiger partial charge on any atom is 0.182 e. The van der Waals surface area contributed by atoms with Crippen LogP contribution in [0.25, 0.3) is 11.2 Å². The molecule has 1 unspecified atom stereocenters. The Kier molecular flexibility index (Phi) is 2.51. The number of nitrogens with zero attached hydrogens (tertiary/aromatic N) is 4. The normalized spacial score (nSPS) is 13.0. The molecule has 80 valence electrons. The second-order valence-corrected chi connectivity index (χ2v) is 3.44. The van der Waals surface area contributed by atoms with E-state index in [1.807, 2.05) is 18.9 Å². The van der Waals surface area contributed by atoms with E-state index in [0.29, 0.717) is 5.65 Å². The minimum Gasteiger partial charge on any atom is -0.394 e. The number of aromatic amines is 1. The van der Waals surface area contributed by atoms with Gasteiger partial charge in [0.2, 0.25) is 0 Å². The third-order valence-electron chi connectivity index (χ3n) is 2.46. The van der Waals surface area contributed by atoms with Crippen molar-refractivity contribution in [3.8, 4) is 0 Å². The molecular weight excluding hydrogens is 194 g/mol. The summed E-state index contributed by atoms with van der Waals surface area (Å²) >= 11 is 0. The average molecular weight is 207 g/mol. The first kappa shape index (κ1) is 9.85. The first-order valence-corrected chi connectivity index (χ1v) is 4.71. The molecule has 0 fully saturated rings. The zero-order valence-corrected chi connectivity index (χ0v) is 8.68. The van der Waals surface area contributed by atoms with Crippen molar-refractivity contribution < 1.29 is 5.11 Å².